The highest BCUT2D eigenvalue weighted by Crippen LogP contribution is 2.38. The van der Waals surface area contributed by atoms with Gasteiger partial charge in [-0.2, -0.15) is 4.90 Å². The highest BCUT2D eigenvalue weighted by atomic mass is 32.1. The van der Waals surface area contributed by atoms with Crippen LogP contribution in [0.4, 0.5) is 25.4 Å². The number of ether oxygens (including phenoxy) is 2. The largest absolute Gasteiger partial charge is 0.443 e. The number of anilines is 1. The zero-order chi connectivity index (χ0) is 22.9. The lowest BCUT2D eigenvalue weighted by molar-refractivity contribution is -0.384. The number of carbonyl (C=O) groups is 2. The highest BCUT2D eigenvalue weighted by Gasteiger charge is 2.37. The fourth-order valence-electron chi connectivity index (χ4n) is 2.38. The summed E-state index contributed by atoms with van der Waals surface area (Å²) in [6, 6.07) is 5.03. The Balaban J connectivity index is 2.66. The van der Waals surface area contributed by atoms with Crippen LogP contribution in [-0.4, -0.2) is 28.3 Å². The summed E-state index contributed by atoms with van der Waals surface area (Å²) in [5.74, 6) is -0.838. The number of hydrogen-bond acceptors (Lipinski definition) is 7. The molecule has 162 valence electrons. The van der Waals surface area contributed by atoms with Gasteiger partial charge in [0.1, 0.15) is 22.7 Å². The first kappa shape index (κ1) is 23.3. The van der Waals surface area contributed by atoms with Gasteiger partial charge in [-0.05, 0) is 53.0 Å². The standard InChI is InChI=1S/C20H23FN2O6S/c1-19(2,3)28-17(24)22(18(25)29-20(4,5)6)14-11-13(21)12(10-15(14)23(26)27)16-8-7-9-30-16/h7-11H,1-6H3. The molecule has 0 spiro atoms. The van der Waals surface area contributed by atoms with Gasteiger partial charge in [0.05, 0.1) is 4.92 Å². The Bertz CT molecular complexity index is 933. The number of thiophene rings is 1. The van der Waals surface area contributed by atoms with Gasteiger partial charge in [-0.1, -0.05) is 6.07 Å². The van der Waals surface area contributed by atoms with Crippen molar-refractivity contribution in [2.24, 2.45) is 0 Å². The van der Waals surface area contributed by atoms with Crippen molar-refractivity contribution in [3.05, 3.63) is 45.6 Å². The minimum atomic E-state index is -1.22. The molecule has 2 amide bonds. The summed E-state index contributed by atoms with van der Waals surface area (Å²) in [5, 5.41) is 13.4. The molecule has 0 saturated heterocycles. The van der Waals surface area contributed by atoms with Crippen LogP contribution in [0.25, 0.3) is 10.4 Å². The molecule has 0 bridgehead atoms. The van der Waals surface area contributed by atoms with E-state index in [-0.39, 0.29) is 5.56 Å². The highest BCUT2D eigenvalue weighted by molar-refractivity contribution is 7.13. The van der Waals surface area contributed by atoms with Crippen LogP contribution < -0.4 is 4.90 Å². The summed E-state index contributed by atoms with van der Waals surface area (Å²) >= 11 is 1.19. The Morgan fingerprint density at radius 1 is 1.07 bits per heavy atom. The van der Waals surface area contributed by atoms with E-state index in [1.807, 2.05) is 0 Å². The molecule has 1 aromatic carbocycles. The van der Waals surface area contributed by atoms with Crippen LogP contribution in [0.1, 0.15) is 41.5 Å². The zero-order valence-corrected chi connectivity index (χ0v) is 18.3. The Hall–Kier alpha value is -3.01. The van der Waals surface area contributed by atoms with E-state index < -0.39 is 45.5 Å². The average molecular weight is 438 g/mol. The summed E-state index contributed by atoms with van der Waals surface area (Å²) in [6.07, 6.45) is -2.44. The fraction of sp³-hybridized carbons (Fsp3) is 0.400. The molecular weight excluding hydrogens is 415 g/mol. The van der Waals surface area contributed by atoms with E-state index in [0.717, 1.165) is 12.1 Å². The molecule has 10 heteroatoms. The third-order valence-electron chi connectivity index (χ3n) is 3.44. The molecule has 0 radical (unpaired) electrons. The summed E-state index contributed by atoms with van der Waals surface area (Å²) < 4.78 is 25.3. The van der Waals surface area contributed by atoms with Crippen molar-refractivity contribution in [1.82, 2.24) is 0 Å². The van der Waals surface area contributed by atoms with Gasteiger partial charge in [0.15, 0.2) is 0 Å². The van der Waals surface area contributed by atoms with Crippen molar-refractivity contribution in [2.45, 2.75) is 52.7 Å². The number of imide groups is 1. The SMILES string of the molecule is CC(C)(C)OC(=O)N(C(=O)OC(C)(C)C)c1cc(F)c(-c2cccs2)cc1[N+](=O)[O-]. The second-order valence-electron chi connectivity index (χ2n) is 8.35. The van der Waals surface area contributed by atoms with E-state index >= 15 is 0 Å². The molecule has 0 N–H and O–H groups in total. The molecular formula is C20H23FN2O6S. The molecule has 0 unspecified atom stereocenters. The van der Waals surface area contributed by atoms with Crippen LogP contribution >= 0.6 is 11.3 Å². The van der Waals surface area contributed by atoms with Gasteiger partial charge in [-0.25, -0.2) is 14.0 Å². The van der Waals surface area contributed by atoms with Crippen molar-refractivity contribution in [3.8, 4) is 10.4 Å². The van der Waals surface area contributed by atoms with Crippen LogP contribution in [0.3, 0.4) is 0 Å². The predicted molar refractivity (Wildman–Crippen MR) is 111 cm³/mol. The second kappa shape index (κ2) is 8.39. The number of nitro groups is 1. The summed E-state index contributed by atoms with van der Waals surface area (Å²) in [7, 11) is 0. The number of nitrogens with zero attached hydrogens (tertiary/aromatic N) is 2. The predicted octanol–water partition coefficient (Wildman–Crippen LogP) is 6.14. The van der Waals surface area contributed by atoms with Gasteiger partial charge < -0.3 is 9.47 Å². The molecule has 0 fully saturated rings. The zero-order valence-electron chi connectivity index (χ0n) is 17.5. The first-order chi connectivity index (χ1) is 13.7. The summed E-state index contributed by atoms with van der Waals surface area (Å²) in [5.41, 5.74) is -3.27. The van der Waals surface area contributed by atoms with Gasteiger partial charge in [-0.3, -0.25) is 10.1 Å². The maximum absolute atomic E-state index is 14.9. The summed E-state index contributed by atoms with van der Waals surface area (Å²) in [4.78, 5) is 37.2. The van der Waals surface area contributed by atoms with Gasteiger partial charge in [0.25, 0.3) is 5.69 Å². The van der Waals surface area contributed by atoms with E-state index in [1.165, 1.54) is 11.3 Å². The molecule has 1 aromatic heterocycles. The van der Waals surface area contributed by atoms with Gasteiger partial charge in [-0.15, -0.1) is 11.3 Å². The number of halogens is 1. The van der Waals surface area contributed by atoms with E-state index in [9.17, 15) is 24.1 Å². The first-order valence-corrected chi connectivity index (χ1v) is 9.85. The minimum absolute atomic E-state index is 0.0197. The third kappa shape index (κ3) is 5.76. The van der Waals surface area contributed by atoms with Crippen LogP contribution in [0.5, 0.6) is 0 Å². The average Bonchev–Trinajstić information content (AvgIpc) is 3.05. The van der Waals surface area contributed by atoms with Crippen molar-refractivity contribution in [1.29, 1.82) is 0 Å². The van der Waals surface area contributed by atoms with Crippen molar-refractivity contribution >= 4 is 34.9 Å². The topological polar surface area (TPSA) is 99.0 Å². The first-order valence-electron chi connectivity index (χ1n) is 8.97. The van der Waals surface area contributed by atoms with E-state index in [1.54, 1.807) is 59.1 Å². The third-order valence-corrected chi connectivity index (χ3v) is 4.34. The van der Waals surface area contributed by atoms with Gasteiger partial charge >= 0.3 is 12.2 Å². The quantitative estimate of drug-likeness (QED) is 0.422. The molecule has 30 heavy (non-hydrogen) atoms. The lowest BCUT2D eigenvalue weighted by atomic mass is 10.1. The van der Waals surface area contributed by atoms with Crippen molar-refractivity contribution < 1.29 is 28.4 Å². The summed E-state index contributed by atoms with van der Waals surface area (Å²) in [6.45, 7) is 9.38. The smallest absolute Gasteiger partial charge is 0.424 e. The van der Waals surface area contributed by atoms with Crippen molar-refractivity contribution in [2.75, 3.05) is 4.90 Å². The Morgan fingerprint density at radius 3 is 2.00 bits per heavy atom. The number of nitro benzene ring substituents is 1. The van der Waals surface area contributed by atoms with Crippen LogP contribution in [0.15, 0.2) is 29.6 Å². The molecule has 0 aliphatic rings. The maximum atomic E-state index is 14.9. The number of carbonyl (C=O) groups excluding carboxylic acids is 2. The van der Waals surface area contributed by atoms with Crippen LogP contribution in [0, 0.1) is 15.9 Å². The van der Waals surface area contributed by atoms with E-state index in [0.29, 0.717) is 9.78 Å². The van der Waals surface area contributed by atoms with Crippen molar-refractivity contribution in [3.63, 3.8) is 0 Å². The van der Waals surface area contributed by atoms with Gasteiger partial charge in [0.2, 0.25) is 0 Å². The molecule has 0 aliphatic carbocycles. The maximum Gasteiger partial charge on any atom is 0.424 e. The molecule has 2 aromatic rings. The number of benzene rings is 1. The lowest BCUT2D eigenvalue weighted by Crippen LogP contribution is -2.44. The molecule has 0 aliphatic heterocycles. The number of rotatable bonds is 3. The fourth-order valence-corrected chi connectivity index (χ4v) is 3.13. The Kier molecular flexibility index (Phi) is 6.51. The number of hydrogen-bond donors (Lipinski definition) is 0. The number of amides is 2. The van der Waals surface area contributed by atoms with Crippen LogP contribution in [-0.2, 0) is 9.47 Å². The molecule has 8 nitrogen and oxygen atoms in total. The molecule has 0 atom stereocenters. The Morgan fingerprint density at radius 2 is 1.60 bits per heavy atom. The lowest BCUT2D eigenvalue weighted by Gasteiger charge is -2.28. The molecule has 0 saturated carbocycles. The normalized spacial score (nSPS) is 11.7. The van der Waals surface area contributed by atoms with Gasteiger partial charge in [0, 0.05) is 22.6 Å². The second-order valence-corrected chi connectivity index (χ2v) is 9.30. The van der Waals surface area contributed by atoms with Crippen LogP contribution in [0.2, 0.25) is 0 Å². The molecule has 2 rings (SSSR count). The molecule has 1 heterocycles. The van der Waals surface area contributed by atoms with E-state index in [4.69, 9.17) is 9.47 Å². The van der Waals surface area contributed by atoms with E-state index in [2.05, 4.69) is 0 Å². The Labute approximate surface area is 177 Å². The minimum Gasteiger partial charge on any atom is -0.443 e. The monoisotopic (exact) mass is 438 g/mol.